The molecule has 1 rings (SSSR count). The van der Waals surface area contributed by atoms with Gasteiger partial charge in [-0.25, -0.2) is 12.8 Å². The molecule has 19 heavy (non-hydrogen) atoms. The van der Waals surface area contributed by atoms with Crippen LogP contribution in [0, 0.1) is 11.7 Å². The zero-order chi connectivity index (χ0) is 14.6. The number of halogens is 1. The molecule has 0 aromatic heterocycles. The number of nitrogens with zero attached hydrogens (tertiary/aromatic N) is 1. The number of benzene rings is 1. The van der Waals surface area contributed by atoms with E-state index in [0.717, 1.165) is 16.4 Å². The maximum absolute atomic E-state index is 13.1. The summed E-state index contributed by atoms with van der Waals surface area (Å²) in [6.45, 7) is 3.35. The first-order valence-corrected chi connectivity index (χ1v) is 7.21. The predicted molar refractivity (Wildman–Crippen MR) is 69.2 cm³/mol. The number of rotatable bonds is 6. The fourth-order valence-electron chi connectivity index (χ4n) is 1.61. The molecule has 0 saturated heterocycles. The average molecular weight is 288 g/mol. The fraction of sp³-hybridized carbons (Fsp3) is 0.417. The highest BCUT2D eigenvalue weighted by Gasteiger charge is 2.26. The molecule has 0 bridgehead atoms. The van der Waals surface area contributed by atoms with Crippen molar-refractivity contribution in [2.75, 3.05) is 13.1 Å². The zero-order valence-electron chi connectivity index (χ0n) is 10.8. The molecule has 1 aromatic carbocycles. The van der Waals surface area contributed by atoms with Crippen molar-refractivity contribution in [2.45, 2.75) is 18.7 Å². The minimum atomic E-state index is -3.92. The number of primary amides is 1. The molecule has 0 radical (unpaired) electrons. The number of hydrogen-bond donors (Lipinski definition) is 1. The lowest BCUT2D eigenvalue weighted by Gasteiger charge is -2.22. The van der Waals surface area contributed by atoms with Gasteiger partial charge < -0.3 is 5.73 Å². The fourth-order valence-corrected chi connectivity index (χ4v) is 3.21. The number of nitrogens with two attached hydrogens (primary N) is 1. The molecule has 0 aliphatic rings. The van der Waals surface area contributed by atoms with E-state index in [4.69, 9.17) is 5.73 Å². The number of carbonyl (C=O) groups excluding carboxylic acids is 1. The minimum Gasteiger partial charge on any atom is -0.369 e. The van der Waals surface area contributed by atoms with Crippen LogP contribution in [0.4, 0.5) is 4.39 Å². The van der Waals surface area contributed by atoms with Crippen molar-refractivity contribution in [2.24, 2.45) is 11.7 Å². The van der Waals surface area contributed by atoms with Gasteiger partial charge in [-0.3, -0.25) is 4.79 Å². The van der Waals surface area contributed by atoms with Crippen LogP contribution in [0.15, 0.2) is 29.2 Å². The molecule has 0 saturated carbocycles. The first-order valence-electron chi connectivity index (χ1n) is 5.77. The maximum atomic E-state index is 13.1. The molecule has 0 fully saturated rings. The highest BCUT2D eigenvalue weighted by atomic mass is 32.2. The van der Waals surface area contributed by atoms with E-state index in [1.807, 2.05) is 13.8 Å². The number of hydrogen-bond acceptors (Lipinski definition) is 3. The van der Waals surface area contributed by atoms with Crippen LogP contribution in [0.3, 0.4) is 0 Å². The lowest BCUT2D eigenvalue weighted by atomic mass is 10.2. The Morgan fingerprint density at radius 2 is 2.05 bits per heavy atom. The topological polar surface area (TPSA) is 80.5 Å². The van der Waals surface area contributed by atoms with E-state index in [-0.39, 0.29) is 17.4 Å². The Hall–Kier alpha value is -1.47. The molecule has 0 spiro atoms. The van der Waals surface area contributed by atoms with Gasteiger partial charge in [-0.05, 0) is 24.1 Å². The summed E-state index contributed by atoms with van der Waals surface area (Å²) in [6.07, 6.45) is 0. The maximum Gasteiger partial charge on any atom is 0.243 e. The molecule has 2 N–H and O–H groups in total. The molecule has 106 valence electrons. The summed E-state index contributed by atoms with van der Waals surface area (Å²) in [5.41, 5.74) is 5.05. The molecule has 0 aliphatic carbocycles. The van der Waals surface area contributed by atoms with E-state index < -0.39 is 28.3 Å². The molecule has 0 aliphatic heterocycles. The first kappa shape index (κ1) is 15.6. The van der Waals surface area contributed by atoms with Crippen LogP contribution in [-0.4, -0.2) is 31.7 Å². The summed E-state index contributed by atoms with van der Waals surface area (Å²) >= 11 is 0. The molecule has 0 atom stereocenters. The van der Waals surface area contributed by atoms with Gasteiger partial charge in [-0.2, -0.15) is 4.31 Å². The van der Waals surface area contributed by atoms with Gasteiger partial charge in [0.05, 0.1) is 11.4 Å². The number of carbonyl (C=O) groups is 1. The number of amides is 1. The van der Waals surface area contributed by atoms with Crippen molar-refractivity contribution < 1.29 is 17.6 Å². The molecule has 0 unspecified atom stereocenters. The van der Waals surface area contributed by atoms with Crippen LogP contribution in [-0.2, 0) is 14.8 Å². The van der Waals surface area contributed by atoms with Gasteiger partial charge in [0.2, 0.25) is 15.9 Å². The van der Waals surface area contributed by atoms with E-state index in [1.54, 1.807) is 0 Å². The summed E-state index contributed by atoms with van der Waals surface area (Å²) < 4.78 is 38.7. The minimum absolute atomic E-state index is 0.0164. The Labute approximate surface area is 112 Å². The Balaban J connectivity index is 3.15. The Bertz CT molecular complexity index is 558. The number of sulfonamides is 1. The van der Waals surface area contributed by atoms with E-state index in [9.17, 15) is 17.6 Å². The van der Waals surface area contributed by atoms with Gasteiger partial charge in [-0.15, -0.1) is 0 Å². The molecule has 1 amide bonds. The van der Waals surface area contributed by atoms with E-state index in [0.29, 0.717) is 0 Å². The summed E-state index contributed by atoms with van der Waals surface area (Å²) in [5.74, 6) is -1.38. The van der Waals surface area contributed by atoms with E-state index in [1.165, 1.54) is 12.1 Å². The quantitative estimate of drug-likeness (QED) is 0.846. The standard InChI is InChI=1S/C12H17FN2O3S/c1-9(2)7-15(8-12(14)16)19(17,18)11-5-3-4-10(13)6-11/h3-6,9H,7-8H2,1-2H3,(H2,14,16). The lowest BCUT2D eigenvalue weighted by molar-refractivity contribution is -0.118. The van der Waals surface area contributed by atoms with Crippen molar-refractivity contribution >= 4 is 15.9 Å². The van der Waals surface area contributed by atoms with Crippen molar-refractivity contribution in [3.63, 3.8) is 0 Å². The van der Waals surface area contributed by atoms with Crippen LogP contribution >= 0.6 is 0 Å². The largest absolute Gasteiger partial charge is 0.369 e. The molecule has 5 nitrogen and oxygen atoms in total. The highest BCUT2D eigenvalue weighted by Crippen LogP contribution is 2.17. The van der Waals surface area contributed by atoms with E-state index in [2.05, 4.69) is 0 Å². The molecule has 1 aromatic rings. The van der Waals surface area contributed by atoms with Crippen LogP contribution in [0.2, 0.25) is 0 Å². The molecule has 7 heteroatoms. The van der Waals surface area contributed by atoms with Crippen molar-refractivity contribution in [3.05, 3.63) is 30.1 Å². The second-order valence-corrected chi connectivity index (χ2v) is 6.55. The van der Waals surface area contributed by atoms with Gasteiger partial charge in [0, 0.05) is 6.54 Å². The Morgan fingerprint density at radius 3 is 2.53 bits per heavy atom. The van der Waals surface area contributed by atoms with Gasteiger partial charge in [0.15, 0.2) is 0 Å². The second kappa shape index (κ2) is 6.12. The van der Waals surface area contributed by atoms with Crippen LogP contribution < -0.4 is 5.73 Å². The van der Waals surface area contributed by atoms with Crippen molar-refractivity contribution in [3.8, 4) is 0 Å². The van der Waals surface area contributed by atoms with Crippen molar-refractivity contribution in [1.29, 1.82) is 0 Å². The SMILES string of the molecule is CC(C)CN(CC(N)=O)S(=O)(=O)c1cccc(F)c1. The monoisotopic (exact) mass is 288 g/mol. The third kappa shape index (κ3) is 4.29. The van der Waals surface area contributed by atoms with Gasteiger partial charge in [0.25, 0.3) is 0 Å². The van der Waals surface area contributed by atoms with Crippen LogP contribution in [0.5, 0.6) is 0 Å². The first-order chi connectivity index (χ1) is 8.73. The third-order valence-corrected chi connectivity index (χ3v) is 4.14. The molecular formula is C12H17FN2O3S. The van der Waals surface area contributed by atoms with Gasteiger partial charge >= 0.3 is 0 Å². The highest BCUT2D eigenvalue weighted by molar-refractivity contribution is 7.89. The Morgan fingerprint density at radius 1 is 1.42 bits per heavy atom. The predicted octanol–water partition coefficient (Wildman–Crippen LogP) is 0.958. The molecular weight excluding hydrogens is 271 g/mol. The van der Waals surface area contributed by atoms with Crippen LogP contribution in [0.25, 0.3) is 0 Å². The van der Waals surface area contributed by atoms with Crippen LogP contribution in [0.1, 0.15) is 13.8 Å². The summed E-state index contributed by atoms with van der Waals surface area (Å²) in [5, 5.41) is 0. The summed E-state index contributed by atoms with van der Waals surface area (Å²) in [4.78, 5) is 10.8. The summed E-state index contributed by atoms with van der Waals surface area (Å²) in [6, 6.07) is 4.66. The Kier molecular flexibility index (Phi) is 5.02. The average Bonchev–Trinajstić information content (AvgIpc) is 2.26. The van der Waals surface area contributed by atoms with Crippen molar-refractivity contribution in [1.82, 2.24) is 4.31 Å². The summed E-state index contributed by atoms with van der Waals surface area (Å²) in [7, 11) is -3.92. The van der Waals surface area contributed by atoms with E-state index >= 15 is 0 Å². The zero-order valence-corrected chi connectivity index (χ0v) is 11.7. The third-order valence-electron chi connectivity index (χ3n) is 2.33. The molecule has 0 heterocycles. The second-order valence-electron chi connectivity index (χ2n) is 4.62. The van der Waals surface area contributed by atoms with Gasteiger partial charge in [0.1, 0.15) is 5.82 Å². The lowest BCUT2D eigenvalue weighted by Crippen LogP contribution is -2.40. The normalized spacial score (nSPS) is 12.1. The van der Waals surface area contributed by atoms with Gasteiger partial charge in [-0.1, -0.05) is 19.9 Å². The smallest absolute Gasteiger partial charge is 0.243 e.